The monoisotopic (exact) mass is 273 g/mol. The molecule has 0 aliphatic heterocycles. The van der Waals surface area contributed by atoms with E-state index in [1.165, 1.54) is 0 Å². The smallest absolute Gasteiger partial charge is 0.253 e. The predicted octanol–water partition coefficient (Wildman–Crippen LogP) is 1.43. The number of aryl methyl sites for hydroxylation is 1. The van der Waals surface area contributed by atoms with Gasteiger partial charge >= 0.3 is 0 Å². The normalized spacial score (nSPS) is 10.5. The van der Waals surface area contributed by atoms with E-state index in [0.29, 0.717) is 12.1 Å². The molecule has 1 aromatic heterocycles. The number of hydrogen-bond acceptors (Lipinski definition) is 2. The van der Waals surface area contributed by atoms with Gasteiger partial charge in [-0.1, -0.05) is 25.1 Å². The number of nitrogens with zero attached hydrogens (tertiary/aromatic N) is 1. The Kier molecular flexibility index (Phi) is 4.40. The Labute approximate surface area is 118 Å². The molecule has 5 nitrogen and oxygen atoms in total. The Bertz CT molecular complexity index is 631. The first-order valence-corrected chi connectivity index (χ1v) is 6.72. The second-order valence-corrected chi connectivity index (χ2v) is 4.70. The van der Waals surface area contributed by atoms with E-state index in [4.69, 9.17) is 0 Å². The maximum atomic E-state index is 12.1. The van der Waals surface area contributed by atoms with Crippen LogP contribution in [0.25, 0.3) is 10.9 Å². The maximum absolute atomic E-state index is 12.1. The molecule has 5 heteroatoms. The van der Waals surface area contributed by atoms with Crippen LogP contribution in [-0.2, 0) is 11.8 Å². The first kappa shape index (κ1) is 14.1. The van der Waals surface area contributed by atoms with Gasteiger partial charge in [0.05, 0.1) is 12.1 Å². The lowest BCUT2D eigenvalue weighted by molar-refractivity contribution is -0.120. The number of hydrogen-bond donors (Lipinski definition) is 2. The minimum atomic E-state index is -0.228. The summed E-state index contributed by atoms with van der Waals surface area (Å²) in [7, 11) is 1.90. The van der Waals surface area contributed by atoms with Crippen LogP contribution in [0.3, 0.4) is 0 Å². The summed E-state index contributed by atoms with van der Waals surface area (Å²) in [5.41, 5.74) is 1.58. The molecule has 0 aliphatic carbocycles. The lowest BCUT2D eigenvalue weighted by Gasteiger charge is -2.05. The molecular weight excluding hydrogens is 254 g/mol. The molecule has 0 saturated carbocycles. The molecule has 2 rings (SSSR count). The van der Waals surface area contributed by atoms with Crippen molar-refractivity contribution in [1.82, 2.24) is 15.2 Å². The van der Waals surface area contributed by atoms with Crippen LogP contribution in [-0.4, -0.2) is 29.5 Å². The summed E-state index contributed by atoms with van der Waals surface area (Å²) in [6.45, 7) is 2.61. The molecule has 0 fully saturated rings. The average Bonchev–Trinajstić information content (AvgIpc) is 2.80. The quantitative estimate of drug-likeness (QED) is 0.865. The number of aromatic nitrogens is 1. The Balaban J connectivity index is 2.07. The molecule has 0 aliphatic rings. The zero-order valence-electron chi connectivity index (χ0n) is 11.8. The molecule has 20 heavy (non-hydrogen) atoms. The highest BCUT2D eigenvalue weighted by atomic mass is 16.2. The number of para-hydroxylation sites is 1. The van der Waals surface area contributed by atoms with Crippen molar-refractivity contribution in [1.29, 1.82) is 0 Å². The van der Waals surface area contributed by atoms with E-state index in [2.05, 4.69) is 10.6 Å². The summed E-state index contributed by atoms with van der Waals surface area (Å²) in [6, 6.07) is 7.69. The summed E-state index contributed by atoms with van der Waals surface area (Å²) >= 11 is 0. The fraction of sp³-hybridized carbons (Fsp3) is 0.333. The zero-order valence-corrected chi connectivity index (χ0v) is 11.8. The van der Waals surface area contributed by atoms with Crippen LogP contribution >= 0.6 is 0 Å². The molecule has 2 aromatic rings. The van der Waals surface area contributed by atoms with Gasteiger partial charge in [0, 0.05) is 30.7 Å². The molecule has 0 unspecified atom stereocenters. The van der Waals surface area contributed by atoms with Crippen molar-refractivity contribution in [3.63, 3.8) is 0 Å². The van der Waals surface area contributed by atoms with Crippen LogP contribution in [0, 0.1) is 0 Å². The van der Waals surface area contributed by atoms with E-state index >= 15 is 0 Å². The Morgan fingerprint density at radius 1 is 1.20 bits per heavy atom. The number of rotatable bonds is 5. The fourth-order valence-corrected chi connectivity index (χ4v) is 2.11. The highest BCUT2D eigenvalue weighted by Crippen LogP contribution is 2.19. The molecule has 2 N–H and O–H groups in total. The van der Waals surface area contributed by atoms with E-state index in [9.17, 15) is 9.59 Å². The van der Waals surface area contributed by atoms with Crippen LogP contribution in [0.2, 0.25) is 0 Å². The third-order valence-electron chi connectivity index (χ3n) is 3.12. The van der Waals surface area contributed by atoms with Crippen molar-refractivity contribution < 1.29 is 9.59 Å². The number of fused-ring (bicyclic) bond motifs is 1. The van der Waals surface area contributed by atoms with Gasteiger partial charge < -0.3 is 15.2 Å². The molecule has 0 bridgehead atoms. The van der Waals surface area contributed by atoms with Crippen molar-refractivity contribution in [2.24, 2.45) is 7.05 Å². The van der Waals surface area contributed by atoms with Crippen molar-refractivity contribution in [3.8, 4) is 0 Å². The number of benzene rings is 1. The highest BCUT2D eigenvalue weighted by Gasteiger charge is 2.14. The number of carbonyl (C=O) groups excluding carboxylic acids is 2. The van der Waals surface area contributed by atoms with Gasteiger partial charge in [-0.2, -0.15) is 0 Å². The van der Waals surface area contributed by atoms with Crippen LogP contribution in [0.4, 0.5) is 0 Å². The number of amides is 2. The van der Waals surface area contributed by atoms with Gasteiger partial charge in [0.15, 0.2) is 0 Å². The van der Waals surface area contributed by atoms with Crippen LogP contribution in [0.1, 0.15) is 23.7 Å². The van der Waals surface area contributed by atoms with Gasteiger partial charge in [-0.05, 0) is 12.5 Å². The second kappa shape index (κ2) is 6.23. The van der Waals surface area contributed by atoms with Crippen molar-refractivity contribution in [3.05, 3.63) is 36.0 Å². The largest absolute Gasteiger partial charge is 0.355 e. The molecule has 0 radical (unpaired) electrons. The van der Waals surface area contributed by atoms with Crippen molar-refractivity contribution >= 4 is 22.7 Å². The maximum Gasteiger partial charge on any atom is 0.253 e. The lowest BCUT2D eigenvalue weighted by atomic mass is 10.1. The van der Waals surface area contributed by atoms with E-state index in [0.717, 1.165) is 17.3 Å². The van der Waals surface area contributed by atoms with Crippen LogP contribution in [0.5, 0.6) is 0 Å². The van der Waals surface area contributed by atoms with Gasteiger partial charge in [-0.25, -0.2) is 0 Å². The third-order valence-corrected chi connectivity index (χ3v) is 3.12. The summed E-state index contributed by atoms with van der Waals surface area (Å²) in [5.74, 6) is -0.395. The number of carbonyl (C=O) groups is 2. The van der Waals surface area contributed by atoms with E-state index in [1.54, 1.807) is 6.20 Å². The molecule has 0 saturated heterocycles. The second-order valence-electron chi connectivity index (χ2n) is 4.70. The first-order chi connectivity index (χ1) is 9.63. The first-order valence-electron chi connectivity index (χ1n) is 6.72. The third kappa shape index (κ3) is 2.99. The Hall–Kier alpha value is -2.30. The zero-order chi connectivity index (χ0) is 14.5. The summed E-state index contributed by atoms with van der Waals surface area (Å²) < 4.78 is 1.90. The highest BCUT2D eigenvalue weighted by molar-refractivity contribution is 6.07. The lowest BCUT2D eigenvalue weighted by Crippen LogP contribution is -2.37. The molecule has 2 amide bonds. The molecule has 0 spiro atoms. The SMILES string of the molecule is CCCNC(=O)CNC(=O)c1cn(C)c2ccccc12. The van der Waals surface area contributed by atoms with Crippen molar-refractivity contribution in [2.45, 2.75) is 13.3 Å². The topological polar surface area (TPSA) is 63.1 Å². The van der Waals surface area contributed by atoms with Crippen molar-refractivity contribution in [2.75, 3.05) is 13.1 Å². The van der Waals surface area contributed by atoms with Gasteiger partial charge in [-0.3, -0.25) is 9.59 Å². The molecule has 1 heterocycles. The fourth-order valence-electron chi connectivity index (χ4n) is 2.11. The van der Waals surface area contributed by atoms with Gasteiger partial charge in [-0.15, -0.1) is 0 Å². The standard InChI is InChI=1S/C15H19N3O2/c1-3-8-16-14(19)9-17-15(20)12-10-18(2)13-7-5-4-6-11(12)13/h4-7,10H,3,8-9H2,1-2H3,(H,16,19)(H,17,20). The van der Waals surface area contributed by atoms with Crippen LogP contribution < -0.4 is 10.6 Å². The minimum Gasteiger partial charge on any atom is -0.355 e. The summed E-state index contributed by atoms with van der Waals surface area (Å²) in [5, 5.41) is 6.26. The predicted molar refractivity (Wildman–Crippen MR) is 78.6 cm³/mol. The van der Waals surface area contributed by atoms with Crippen LogP contribution in [0.15, 0.2) is 30.5 Å². The van der Waals surface area contributed by atoms with E-state index in [1.807, 2.05) is 42.8 Å². The molecule has 0 atom stereocenters. The van der Waals surface area contributed by atoms with E-state index < -0.39 is 0 Å². The Morgan fingerprint density at radius 2 is 1.95 bits per heavy atom. The molecule has 1 aromatic carbocycles. The van der Waals surface area contributed by atoms with Gasteiger partial charge in [0.25, 0.3) is 5.91 Å². The summed E-state index contributed by atoms with van der Waals surface area (Å²) in [6.07, 6.45) is 2.66. The molecular formula is C15H19N3O2. The number of nitrogens with one attached hydrogen (secondary N) is 2. The summed E-state index contributed by atoms with van der Waals surface area (Å²) in [4.78, 5) is 23.6. The minimum absolute atomic E-state index is 0.00204. The van der Waals surface area contributed by atoms with Gasteiger partial charge in [0.2, 0.25) is 5.91 Å². The Morgan fingerprint density at radius 3 is 2.70 bits per heavy atom. The van der Waals surface area contributed by atoms with Gasteiger partial charge in [0.1, 0.15) is 0 Å². The molecule has 106 valence electrons. The van der Waals surface area contributed by atoms with E-state index in [-0.39, 0.29) is 18.4 Å². The average molecular weight is 273 g/mol.